The minimum absolute atomic E-state index is 0.263. The van der Waals surface area contributed by atoms with Crippen molar-refractivity contribution in [2.24, 2.45) is 0 Å². The third kappa shape index (κ3) is 4.01. The molecule has 16 heavy (non-hydrogen) atoms. The Morgan fingerprint density at radius 1 is 1.50 bits per heavy atom. The lowest BCUT2D eigenvalue weighted by Crippen LogP contribution is -1.93. The van der Waals surface area contributed by atoms with E-state index in [0.717, 1.165) is 0 Å². The maximum Gasteiger partial charge on any atom is 0.315 e. The highest BCUT2D eigenvalue weighted by Gasteiger charge is 1.99. The summed E-state index contributed by atoms with van der Waals surface area (Å²) in [6.07, 6.45) is -0.263. The van der Waals surface area contributed by atoms with E-state index in [0.29, 0.717) is 17.9 Å². The molecule has 0 heterocycles. The van der Waals surface area contributed by atoms with Crippen molar-refractivity contribution in [2.75, 3.05) is 6.61 Å². The van der Waals surface area contributed by atoms with Crippen LogP contribution in [0.15, 0.2) is 18.2 Å². The molecule has 1 N–H and O–H groups in total. The van der Waals surface area contributed by atoms with Gasteiger partial charge in [0.15, 0.2) is 0 Å². The van der Waals surface area contributed by atoms with Gasteiger partial charge in [-0.05, 0) is 19.1 Å². The first kappa shape index (κ1) is 12.1. The van der Waals surface area contributed by atoms with E-state index in [1.165, 1.54) is 12.1 Å². The Kier molecular flexibility index (Phi) is 4.34. The maximum absolute atomic E-state index is 13.1. The van der Waals surface area contributed by atoms with Crippen molar-refractivity contribution in [2.45, 2.75) is 13.3 Å². The summed E-state index contributed by atoms with van der Waals surface area (Å²) in [5, 5.41) is 8.38. The summed E-state index contributed by atoms with van der Waals surface area (Å²) in [7, 11) is 0. The highest BCUT2D eigenvalue weighted by Crippen LogP contribution is 2.15. The van der Waals surface area contributed by atoms with Crippen LogP contribution in [0.5, 0.6) is 5.75 Å². The topological polar surface area (TPSA) is 46.5 Å². The summed E-state index contributed by atoms with van der Waals surface area (Å²) in [6.45, 7) is 2.23. The monoisotopic (exact) mass is 222 g/mol. The van der Waals surface area contributed by atoms with Gasteiger partial charge in [0.05, 0.1) is 6.61 Å². The van der Waals surface area contributed by atoms with Gasteiger partial charge in [-0.15, -0.1) is 0 Å². The predicted octanol–water partition coefficient (Wildman–Crippen LogP) is 2.05. The van der Waals surface area contributed by atoms with Gasteiger partial charge < -0.3 is 9.84 Å². The number of carboxylic acids is 1. The molecule has 0 atom stereocenters. The van der Waals surface area contributed by atoms with Crippen molar-refractivity contribution >= 4 is 5.97 Å². The molecule has 1 rings (SSSR count). The van der Waals surface area contributed by atoms with E-state index < -0.39 is 11.8 Å². The lowest BCUT2D eigenvalue weighted by Gasteiger charge is -2.03. The number of ether oxygens (including phenoxy) is 1. The number of carboxylic acid groups (broad SMARTS) is 1. The Balaban J connectivity index is 2.86. The standard InChI is InChI=1S/C12H11FO3/c1-2-16-11-7-9(6-10(13)8-11)4-3-5-12(14)15/h6-8H,2,5H2,1H3,(H,14,15). The third-order valence-electron chi connectivity index (χ3n) is 1.65. The van der Waals surface area contributed by atoms with Crippen LogP contribution in [0.25, 0.3) is 0 Å². The minimum Gasteiger partial charge on any atom is -0.494 e. The quantitative estimate of drug-likeness (QED) is 0.796. The van der Waals surface area contributed by atoms with E-state index in [1.807, 2.05) is 0 Å². The van der Waals surface area contributed by atoms with Gasteiger partial charge in [-0.2, -0.15) is 0 Å². The Labute approximate surface area is 92.9 Å². The molecule has 0 amide bonds. The van der Waals surface area contributed by atoms with Gasteiger partial charge in [0.2, 0.25) is 0 Å². The predicted molar refractivity (Wildman–Crippen MR) is 56.7 cm³/mol. The molecule has 4 heteroatoms. The van der Waals surface area contributed by atoms with Crippen LogP contribution in [0.2, 0.25) is 0 Å². The van der Waals surface area contributed by atoms with Crippen LogP contribution in [0, 0.1) is 17.7 Å². The Hall–Kier alpha value is -2.02. The van der Waals surface area contributed by atoms with E-state index >= 15 is 0 Å². The first-order valence-corrected chi connectivity index (χ1v) is 4.76. The average Bonchev–Trinajstić information content (AvgIpc) is 2.16. The molecule has 84 valence electrons. The number of hydrogen-bond acceptors (Lipinski definition) is 2. The molecule has 0 aliphatic rings. The van der Waals surface area contributed by atoms with Crippen LogP contribution in [0.3, 0.4) is 0 Å². The van der Waals surface area contributed by atoms with Gasteiger partial charge in [-0.25, -0.2) is 4.39 Å². The highest BCUT2D eigenvalue weighted by molar-refractivity contribution is 5.70. The van der Waals surface area contributed by atoms with Crippen LogP contribution in [-0.2, 0) is 4.79 Å². The number of aliphatic carboxylic acids is 1. The molecule has 3 nitrogen and oxygen atoms in total. The molecule has 0 bridgehead atoms. The number of halogens is 1. The Bertz CT molecular complexity index is 443. The molecule has 0 fully saturated rings. The molecule has 0 unspecified atom stereocenters. The molecule has 1 aromatic rings. The second-order valence-corrected chi connectivity index (χ2v) is 2.98. The normalized spacial score (nSPS) is 9.12. The van der Waals surface area contributed by atoms with Crippen molar-refractivity contribution in [3.63, 3.8) is 0 Å². The van der Waals surface area contributed by atoms with E-state index in [-0.39, 0.29) is 6.42 Å². The average molecular weight is 222 g/mol. The van der Waals surface area contributed by atoms with Crippen LogP contribution in [0.4, 0.5) is 4.39 Å². The van der Waals surface area contributed by atoms with E-state index in [9.17, 15) is 9.18 Å². The largest absolute Gasteiger partial charge is 0.494 e. The third-order valence-corrected chi connectivity index (χ3v) is 1.65. The number of hydrogen-bond donors (Lipinski definition) is 1. The Morgan fingerprint density at radius 3 is 2.88 bits per heavy atom. The summed E-state index contributed by atoms with van der Waals surface area (Å²) in [4.78, 5) is 10.2. The molecule has 0 saturated heterocycles. The van der Waals surface area contributed by atoms with Gasteiger partial charge >= 0.3 is 5.97 Å². The van der Waals surface area contributed by atoms with Crippen molar-refractivity contribution in [3.8, 4) is 17.6 Å². The Morgan fingerprint density at radius 2 is 2.25 bits per heavy atom. The fraction of sp³-hybridized carbons (Fsp3) is 0.250. The van der Waals surface area contributed by atoms with Gasteiger partial charge in [0, 0.05) is 11.6 Å². The molecule has 0 aliphatic carbocycles. The zero-order valence-electron chi connectivity index (χ0n) is 8.79. The van der Waals surface area contributed by atoms with Crippen LogP contribution in [0.1, 0.15) is 18.9 Å². The first-order chi connectivity index (χ1) is 7.61. The SMILES string of the molecule is CCOc1cc(F)cc(C#CCC(=O)O)c1. The maximum atomic E-state index is 13.1. The molecule has 0 saturated carbocycles. The molecule has 0 spiro atoms. The van der Waals surface area contributed by atoms with Gasteiger partial charge in [-0.1, -0.05) is 11.8 Å². The lowest BCUT2D eigenvalue weighted by molar-refractivity contribution is -0.135. The molecular formula is C12H11FO3. The van der Waals surface area contributed by atoms with Crippen molar-refractivity contribution in [1.29, 1.82) is 0 Å². The second-order valence-electron chi connectivity index (χ2n) is 2.98. The summed E-state index contributed by atoms with van der Waals surface area (Å²) in [5.74, 6) is 3.92. The van der Waals surface area contributed by atoms with Gasteiger partial charge in [0.25, 0.3) is 0 Å². The van der Waals surface area contributed by atoms with Crippen LogP contribution in [-0.4, -0.2) is 17.7 Å². The fourth-order valence-corrected chi connectivity index (χ4v) is 1.11. The smallest absolute Gasteiger partial charge is 0.315 e. The summed E-state index contributed by atoms with van der Waals surface area (Å²) >= 11 is 0. The zero-order valence-corrected chi connectivity index (χ0v) is 8.79. The highest BCUT2D eigenvalue weighted by atomic mass is 19.1. The minimum atomic E-state index is -1.01. The van der Waals surface area contributed by atoms with Gasteiger partial charge in [0.1, 0.15) is 18.0 Å². The number of carbonyl (C=O) groups is 1. The summed E-state index contributed by atoms with van der Waals surface area (Å²) in [5.41, 5.74) is 0.407. The van der Waals surface area contributed by atoms with Crippen molar-refractivity contribution in [1.82, 2.24) is 0 Å². The molecule has 0 radical (unpaired) electrons. The number of rotatable bonds is 3. The second kappa shape index (κ2) is 5.76. The van der Waals surface area contributed by atoms with Crippen LogP contribution < -0.4 is 4.74 Å². The lowest BCUT2D eigenvalue weighted by atomic mass is 10.2. The van der Waals surface area contributed by atoms with E-state index in [1.54, 1.807) is 13.0 Å². The summed E-state index contributed by atoms with van der Waals surface area (Å²) in [6, 6.07) is 4.06. The molecular weight excluding hydrogens is 211 g/mol. The van der Waals surface area contributed by atoms with Crippen molar-refractivity contribution in [3.05, 3.63) is 29.6 Å². The molecule has 0 aliphatic heterocycles. The molecule has 0 aromatic heterocycles. The van der Waals surface area contributed by atoms with E-state index in [4.69, 9.17) is 9.84 Å². The van der Waals surface area contributed by atoms with Crippen molar-refractivity contribution < 1.29 is 19.0 Å². The van der Waals surface area contributed by atoms with Gasteiger partial charge in [-0.3, -0.25) is 4.79 Å². The summed E-state index contributed by atoms with van der Waals surface area (Å²) < 4.78 is 18.2. The zero-order chi connectivity index (χ0) is 12.0. The number of benzene rings is 1. The van der Waals surface area contributed by atoms with Crippen LogP contribution >= 0.6 is 0 Å². The fourth-order valence-electron chi connectivity index (χ4n) is 1.11. The van der Waals surface area contributed by atoms with E-state index in [2.05, 4.69) is 11.8 Å². The molecule has 1 aromatic carbocycles. The first-order valence-electron chi connectivity index (χ1n) is 4.76.